The molecule has 0 radical (unpaired) electrons. The third kappa shape index (κ3) is 3.49. The van der Waals surface area contributed by atoms with Crippen molar-refractivity contribution >= 4 is 21.7 Å². The van der Waals surface area contributed by atoms with Gasteiger partial charge in [-0.2, -0.15) is 0 Å². The molecule has 0 unspecified atom stereocenters. The van der Waals surface area contributed by atoms with E-state index in [0.717, 1.165) is 27.6 Å². The van der Waals surface area contributed by atoms with Crippen LogP contribution in [-0.4, -0.2) is 15.0 Å². The molecule has 0 saturated carbocycles. The Morgan fingerprint density at radius 2 is 2.00 bits per heavy atom. The molecule has 2 rings (SSSR count). The SMILES string of the molecule is Cc1cccc(CNc2cc(Br)nc(C)n2)n1. The summed E-state index contributed by atoms with van der Waals surface area (Å²) in [6.45, 7) is 4.50. The number of hydrogen-bond donors (Lipinski definition) is 1. The smallest absolute Gasteiger partial charge is 0.131 e. The Bertz CT molecular complexity index is 507. The van der Waals surface area contributed by atoms with Gasteiger partial charge < -0.3 is 5.32 Å². The number of nitrogens with one attached hydrogen (secondary N) is 1. The second-order valence-electron chi connectivity index (χ2n) is 3.75. The van der Waals surface area contributed by atoms with Crippen LogP contribution in [0.5, 0.6) is 0 Å². The fourth-order valence-electron chi connectivity index (χ4n) is 1.50. The molecule has 88 valence electrons. The highest BCUT2D eigenvalue weighted by Crippen LogP contribution is 2.12. The number of nitrogens with zero attached hydrogens (tertiary/aromatic N) is 3. The van der Waals surface area contributed by atoms with Gasteiger partial charge in [0.1, 0.15) is 16.2 Å². The fraction of sp³-hybridized carbons (Fsp3) is 0.250. The van der Waals surface area contributed by atoms with Gasteiger partial charge in [0.15, 0.2) is 0 Å². The maximum atomic E-state index is 4.42. The maximum absolute atomic E-state index is 4.42. The van der Waals surface area contributed by atoms with Gasteiger partial charge in [0.05, 0.1) is 12.2 Å². The molecule has 0 spiro atoms. The average molecular weight is 293 g/mol. The number of pyridine rings is 1. The number of aromatic nitrogens is 3. The predicted octanol–water partition coefficient (Wildman–Crippen LogP) is 2.86. The van der Waals surface area contributed by atoms with Crippen molar-refractivity contribution in [3.63, 3.8) is 0 Å². The van der Waals surface area contributed by atoms with Crippen molar-refractivity contribution in [3.05, 3.63) is 46.1 Å². The van der Waals surface area contributed by atoms with Crippen molar-refractivity contribution in [2.24, 2.45) is 0 Å². The van der Waals surface area contributed by atoms with Crippen LogP contribution in [0.1, 0.15) is 17.2 Å². The monoisotopic (exact) mass is 292 g/mol. The first-order valence-corrected chi connectivity index (χ1v) is 6.10. The molecule has 17 heavy (non-hydrogen) atoms. The summed E-state index contributed by atoms with van der Waals surface area (Å²) in [6.07, 6.45) is 0. The Kier molecular flexibility index (Phi) is 3.68. The van der Waals surface area contributed by atoms with Crippen molar-refractivity contribution < 1.29 is 0 Å². The van der Waals surface area contributed by atoms with Gasteiger partial charge in [0.2, 0.25) is 0 Å². The maximum Gasteiger partial charge on any atom is 0.131 e. The molecule has 0 aliphatic rings. The topological polar surface area (TPSA) is 50.7 Å². The number of anilines is 1. The lowest BCUT2D eigenvalue weighted by Crippen LogP contribution is -2.05. The van der Waals surface area contributed by atoms with E-state index in [1.807, 2.05) is 38.1 Å². The lowest BCUT2D eigenvalue weighted by atomic mass is 10.3. The zero-order valence-electron chi connectivity index (χ0n) is 9.74. The first kappa shape index (κ1) is 12.0. The average Bonchev–Trinajstić information content (AvgIpc) is 2.25. The molecule has 2 aromatic heterocycles. The number of rotatable bonds is 3. The molecule has 0 bridgehead atoms. The Morgan fingerprint density at radius 1 is 1.18 bits per heavy atom. The van der Waals surface area contributed by atoms with Crippen molar-refractivity contribution in [2.45, 2.75) is 20.4 Å². The standard InChI is InChI=1S/C12H13BrN4/c1-8-4-3-5-10(15-8)7-14-12-6-11(13)16-9(2)17-12/h3-6H,7H2,1-2H3,(H,14,16,17). The van der Waals surface area contributed by atoms with Gasteiger partial charge in [-0.25, -0.2) is 9.97 Å². The summed E-state index contributed by atoms with van der Waals surface area (Å²) in [7, 11) is 0. The van der Waals surface area contributed by atoms with E-state index in [0.29, 0.717) is 6.54 Å². The van der Waals surface area contributed by atoms with Crippen LogP contribution >= 0.6 is 15.9 Å². The second-order valence-corrected chi connectivity index (χ2v) is 4.56. The largest absolute Gasteiger partial charge is 0.364 e. The first-order chi connectivity index (χ1) is 8.13. The minimum absolute atomic E-state index is 0.657. The lowest BCUT2D eigenvalue weighted by molar-refractivity contribution is 0.974. The zero-order valence-corrected chi connectivity index (χ0v) is 11.3. The lowest BCUT2D eigenvalue weighted by Gasteiger charge is -2.06. The van der Waals surface area contributed by atoms with Crippen LogP contribution in [0.3, 0.4) is 0 Å². The quantitative estimate of drug-likeness (QED) is 0.884. The van der Waals surface area contributed by atoms with Gasteiger partial charge in [0.25, 0.3) is 0 Å². The molecule has 1 N–H and O–H groups in total. The van der Waals surface area contributed by atoms with Gasteiger partial charge in [0, 0.05) is 11.8 Å². The van der Waals surface area contributed by atoms with Gasteiger partial charge in [-0.05, 0) is 41.9 Å². The normalized spacial score (nSPS) is 10.3. The highest BCUT2D eigenvalue weighted by Gasteiger charge is 2.00. The van der Waals surface area contributed by atoms with Crippen LogP contribution in [0.25, 0.3) is 0 Å². The van der Waals surface area contributed by atoms with Gasteiger partial charge in [-0.1, -0.05) is 6.07 Å². The van der Waals surface area contributed by atoms with Crippen molar-refractivity contribution in [2.75, 3.05) is 5.32 Å². The molecular formula is C12H13BrN4. The Hall–Kier alpha value is -1.49. The van der Waals surface area contributed by atoms with E-state index in [4.69, 9.17) is 0 Å². The molecular weight excluding hydrogens is 280 g/mol. The van der Waals surface area contributed by atoms with Gasteiger partial charge in [-0.3, -0.25) is 4.98 Å². The summed E-state index contributed by atoms with van der Waals surface area (Å²) in [6, 6.07) is 7.82. The Balaban J connectivity index is 2.07. The Morgan fingerprint density at radius 3 is 2.71 bits per heavy atom. The first-order valence-electron chi connectivity index (χ1n) is 5.31. The van der Waals surface area contributed by atoms with Gasteiger partial charge in [-0.15, -0.1) is 0 Å². The molecule has 2 heterocycles. The summed E-state index contributed by atoms with van der Waals surface area (Å²) in [5, 5.41) is 3.23. The molecule has 5 heteroatoms. The molecule has 2 aromatic rings. The highest BCUT2D eigenvalue weighted by atomic mass is 79.9. The third-order valence-corrected chi connectivity index (χ3v) is 2.61. The van der Waals surface area contributed by atoms with Crippen LogP contribution in [-0.2, 0) is 6.54 Å². The van der Waals surface area contributed by atoms with Crippen LogP contribution in [0.2, 0.25) is 0 Å². The number of hydrogen-bond acceptors (Lipinski definition) is 4. The molecule has 4 nitrogen and oxygen atoms in total. The fourth-order valence-corrected chi connectivity index (χ4v) is 1.97. The van der Waals surface area contributed by atoms with Crippen LogP contribution < -0.4 is 5.32 Å². The second kappa shape index (κ2) is 5.23. The molecule has 0 aromatic carbocycles. The van der Waals surface area contributed by atoms with E-state index < -0.39 is 0 Å². The minimum Gasteiger partial charge on any atom is -0.364 e. The summed E-state index contributed by atoms with van der Waals surface area (Å²) in [4.78, 5) is 12.9. The molecule has 0 aliphatic carbocycles. The van der Waals surface area contributed by atoms with Gasteiger partial charge >= 0.3 is 0 Å². The zero-order chi connectivity index (χ0) is 12.3. The molecule has 0 atom stereocenters. The molecule has 0 aliphatic heterocycles. The van der Waals surface area contributed by atoms with Crippen molar-refractivity contribution in [1.82, 2.24) is 15.0 Å². The third-order valence-electron chi connectivity index (χ3n) is 2.20. The van der Waals surface area contributed by atoms with E-state index in [9.17, 15) is 0 Å². The van der Waals surface area contributed by atoms with Crippen LogP contribution in [0.4, 0.5) is 5.82 Å². The summed E-state index contributed by atoms with van der Waals surface area (Å²) in [5.41, 5.74) is 2.02. The van der Waals surface area contributed by atoms with E-state index in [1.54, 1.807) is 0 Å². The predicted molar refractivity (Wildman–Crippen MR) is 70.8 cm³/mol. The minimum atomic E-state index is 0.657. The van der Waals surface area contributed by atoms with E-state index >= 15 is 0 Å². The molecule has 0 fully saturated rings. The van der Waals surface area contributed by atoms with Crippen molar-refractivity contribution in [3.8, 4) is 0 Å². The van der Waals surface area contributed by atoms with E-state index in [2.05, 4.69) is 36.2 Å². The van der Waals surface area contributed by atoms with Crippen molar-refractivity contribution in [1.29, 1.82) is 0 Å². The number of halogens is 1. The molecule has 0 saturated heterocycles. The highest BCUT2D eigenvalue weighted by molar-refractivity contribution is 9.10. The summed E-state index contributed by atoms with van der Waals surface area (Å²) < 4.78 is 0.782. The Labute approximate surface area is 109 Å². The summed E-state index contributed by atoms with van der Waals surface area (Å²) >= 11 is 3.34. The van der Waals surface area contributed by atoms with Crippen LogP contribution in [0, 0.1) is 13.8 Å². The van der Waals surface area contributed by atoms with E-state index in [1.165, 1.54) is 0 Å². The van der Waals surface area contributed by atoms with E-state index in [-0.39, 0.29) is 0 Å². The molecule has 0 amide bonds. The number of aryl methyl sites for hydroxylation is 2. The summed E-state index contributed by atoms with van der Waals surface area (Å²) in [5.74, 6) is 1.53. The van der Waals surface area contributed by atoms with Crippen LogP contribution in [0.15, 0.2) is 28.9 Å².